The molecule has 160 valence electrons. The minimum absolute atomic E-state index is 0.0198. The Bertz CT molecular complexity index is 1250. The maximum atomic E-state index is 12.6. The van der Waals surface area contributed by atoms with Crippen molar-refractivity contribution in [2.24, 2.45) is 0 Å². The number of halogens is 2. The lowest BCUT2D eigenvalue weighted by atomic mass is 10.1. The van der Waals surface area contributed by atoms with Gasteiger partial charge in [-0.15, -0.1) is 0 Å². The molecule has 0 spiro atoms. The van der Waals surface area contributed by atoms with Gasteiger partial charge in [0.1, 0.15) is 24.0 Å². The first-order chi connectivity index (χ1) is 15.4. The number of nitriles is 1. The molecule has 0 aliphatic heterocycles. The molecule has 0 bridgehead atoms. The molecule has 0 saturated carbocycles. The van der Waals surface area contributed by atoms with Crippen LogP contribution in [-0.2, 0) is 11.4 Å². The van der Waals surface area contributed by atoms with Gasteiger partial charge in [-0.3, -0.25) is 4.79 Å². The predicted octanol–water partition coefficient (Wildman–Crippen LogP) is 5.82. The summed E-state index contributed by atoms with van der Waals surface area (Å²) < 4.78 is 5.85. The molecule has 3 aromatic rings. The summed E-state index contributed by atoms with van der Waals surface area (Å²) in [5.74, 6) is -1.33. The fourth-order valence-electron chi connectivity index (χ4n) is 2.75. The number of carbonyl (C=O) groups excluding carboxylic acids is 1. The molecule has 0 aliphatic rings. The number of para-hydroxylation sites is 1. The van der Waals surface area contributed by atoms with Gasteiger partial charge in [0.05, 0.1) is 15.6 Å². The fraction of sp³-hybridized carbons (Fsp3) is 0.0417. The lowest BCUT2D eigenvalue weighted by molar-refractivity contribution is -0.112. The van der Waals surface area contributed by atoms with Crippen molar-refractivity contribution in [2.45, 2.75) is 6.61 Å². The van der Waals surface area contributed by atoms with Gasteiger partial charge in [0, 0.05) is 11.3 Å². The molecule has 0 atom stereocenters. The minimum atomic E-state index is -1.12. The Labute approximate surface area is 194 Å². The summed E-state index contributed by atoms with van der Waals surface area (Å²) in [5, 5.41) is 22.0. The van der Waals surface area contributed by atoms with Crippen molar-refractivity contribution in [2.75, 3.05) is 5.32 Å². The molecular formula is C24H16Cl2N2O4. The third kappa shape index (κ3) is 5.88. The minimum Gasteiger partial charge on any atom is -0.488 e. The van der Waals surface area contributed by atoms with E-state index in [0.29, 0.717) is 21.4 Å². The van der Waals surface area contributed by atoms with Gasteiger partial charge in [0.2, 0.25) is 0 Å². The van der Waals surface area contributed by atoms with Crippen LogP contribution in [0.15, 0.2) is 72.3 Å². The van der Waals surface area contributed by atoms with E-state index in [9.17, 15) is 14.9 Å². The van der Waals surface area contributed by atoms with E-state index >= 15 is 0 Å². The fourth-order valence-corrected chi connectivity index (χ4v) is 3.07. The smallest absolute Gasteiger partial charge is 0.335 e. The van der Waals surface area contributed by atoms with E-state index in [4.69, 9.17) is 33.0 Å². The number of rotatable bonds is 7. The van der Waals surface area contributed by atoms with Crippen LogP contribution >= 0.6 is 23.2 Å². The third-order valence-electron chi connectivity index (χ3n) is 4.33. The first-order valence-corrected chi connectivity index (χ1v) is 10.0. The number of carbonyl (C=O) groups is 2. The van der Waals surface area contributed by atoms with Crippen molar-refractivity contribution in [3.63, 3.8) is 0 Å². The van der Waals surface area contributed by atoms with E-state index in [1.165, 1.54) is 30.3 Å². The Hall–Kier alpha value is -3.79. The zero-order valence-electron chi connectivity index (χ0n) is 16.5. The van der Waals surface area contributed by atoms with Crippen molar-refractivity contribution in [3.05, 3.63) is 99.0 Å². The van der Waals surface area contributed by atoms with Crippen LogP contribution in [0.25, 0.3) is 6.08 Å². The van der Waals surface area contributed by atoms with Gasteiger partial charge in [-0.2, -0.15) is 5.26 Å². The number of hydrogen-bond acceptors (Lipinski definition) is 4. The van der Waals surface area contributed by atoms with Crippen molar-refractivity contribution < 1.29 is 19.4 Å². The topological polar surface area (TPSA) is 99.4 Å². The van der Waals surface area contributed by atoms with Crippen molar-refractivity contribution in [1.29, 1.82) is 5.26 Å². The molecule has 0 aliphatic carbocycles. The Kier molecular flexibility index (Phi) is 7.50. The Morgan fingerprint density at radius 3 is 2.53 bits per heavy atom. The second-order valence-electron chi connectivity index (χ2n) is 6.58. The lowest BCUT2D eigenvalue weighted by Crippen LogP contribution is -2.14. The third-order valence-corrected chi connectivity index (χ3v) is 5.07. The van der Waals surface area contributed by atoms with Crippen LogP contribution in [0.1, 0.15) is 21.5 Å². The zero-order chi connectivity index (χ0) is 23.1. The van der Waals surface area contributed by atoms with Crippen LogP contribution in [-0.4, -0.2) is 17.0 Å². The molecule has 32 heavy (non-hydrogen) atoms. The molecule has 0 saturated heterocycles. The molecule has 0 heterocycles. The summed E-state index contributed by atoms with van der Waals surface area (Å²) in [6.45, 7) is 0.206. The summed E-state index contributed by atoms with van der Waals surface area (Å²) >= 11 is 12.0. The highest BCUT2D eigenvalue weighted by Gasteiger charge is 2.13. The molecule has 3 rings (SSSR count). The van der Waals surface area contributed by atoms with Gasteiger partial charge in [0.15, 0.2) is 0 Å². The molecule has 0 fully saturated rings. The van der Waals surface area contributed by atoms with E-state index in [2.05, 4.69) is 5.32 Å². The predicted molar refractivity (Wildman–Crippen MR) is 123 cm³/mol. The highest BCUT2D eigenvalue weighted by atomic mass is 35.5. The van der Waals surface area contributed by atoms with Crippen LogP contribution in [0.4, 0.5) is 5.69 Å². The highest BCUT2D eigenvalue weighted by molar-refractivity contribution is 6.42. The first kappa shape index (κ1) is 22.9. The Morgan fingerprint density at radius 1 is 1.03 bits per heavy atom. The molecule has 8 heteroatoms. The Balaban J connectivity index is 1.79. The van der Waals surface area contributed by atoms with E-state index in [1.807, 2.05) is 6.07 Å². The first-order valence-electron chi connectivity index (χ1n) is 9.29. The average Bonchev–Trinajstić information content (AvgIpc) is 2.79. The average molecular weight is 467 g/mol. The molecule has 3 aromatic carbocycles. The van der Waals surface area contributed by atoms with Crippen LogP contribution < -0.4 is 10.1 Å². The molecule has 2 N–H and O–H groups in total. The number of benzene rings is 3. The lowest BCUT2D eigenvalue weighted by Gasteiger charge is -2.11. The maximum Gasteiger partial charge on any atom is 0.335 e. The van der Waals surface area contributed by atoms with Crippen LogP contribution in [0.5, 0.6) is 5.75 Å². The van der Waals surface area contributed by atoms with Gasteiger partial charge in [-0.1, -0.05) is 53.5 Å². The molecule has 6 nitrogen and oxygen atoms in total. The van der Waals surface area contributed by atoms with E-state index in [-0.39, 0.29) is 23.4 Å². The monoisotopic (exact) mass is 466 g/mol. The molecular weight excluding hydrogens is 451 g/mol. The maximum absolute atomic E-state index is 12.6. The number of carboxylic acid groups (broad SMARTS) is 1. The molecule has 1 amide bonds. The van der Waals surface area contributed by atoms with E-state index in [0.717, 1.165) is 5.56 Å². The molecule has 0 radical (unpaired) electrons. The summed E-state index contributed by atoms with van der Waals surface area (Å²) in [5.41, 5.74) is 1.44. The van der Waals surface area contributed by atoms with Crippen molar-refractivity contribution >= 4 is 46.8 Å². The summed E-state index contributed by atoms with van der Waals surface area (Å²) in [6, 6.07) is 19.7. The number of ether oxygens (including phenoxy) is 1. The van der Waals surface area contributed by atoms with Gasteiger partial charge >= 0.3 is 5.97 Å². The van der Waals surface area contributed by atoms with Crippen LogP contribution in [0.3, 0.4) is 0 Å². The van der Waals surface area contributed by atoms with Gasteiger partial charge in [0.25, 0.3) is 5.91 Å². The Morgan fingerprint density at radius 2 is 1.81 bits per heavy atom. The SMILES string of the molecule is N#C/C(=C/c1ccccc1OCc1ccc(Cl)c(Cl)c1)C(=O)Nc1cccc(C(=O)O)c1. The summed E-state index contributed by atoms with van der Waals surface area (Å²) in [4.78, 5) is 23.7. The number of aromatic carboxylic acids is 1. The summed E-state index contributed by atoms with van der Waals surface area (Å²) in [7, 11) is 0. The summed E-state index contributed by atoms with van der Waals surface area (Å²) in [6.07, 6.45) is 1.40. The normalized spacial score (nSPS) is 10.8. The van der Waals surface area contributed by atoms with Gasteiger partial charge in [-0.25, -0.2) is 4.79 Å². The van der Waals surface area contributed by atoms with E-state index in [1.54, 1.807) is 42.5 Å². The quantitative estimate of drug-likeness (QED) is 0.337. The van der Waals surface area contributed by atoms with E-state index < -0.39 is 11.9 Å². The zero-order valence-corrected chi connectivity index (χ0v) is 18.0. The second kappa shape index (κ2) is 10.5. The standard InChI is InChI=1S/C24H16Cl2N2O4/c25-20-9-8-15(10-21(20)26)14-32-22-7-2-1-4-16(22)11-18(13-27)23(29)28-19-6-3-5-17(12-19)24(30)31/h1-12H,14H2,(H,28,29)(H,30,31)/b18-11-. The van der Waals surface area contributed by atoms with Crippen LogP contribution in [0.2, 0.25) is 10.0 Å². The second-order valence-corrected chi connectivity index (χ2v) is 7.40. The van der Waals surface area contributed by atoms with Gasteiger partial charge < -0.3 is 15.2 Å². The number of amides is 1. The largest absolute Gasteiger partial charge is 0.488 e. The van der Waals surface area contributed by atoms with Crippen molar-refractivity contribution in [3.8, 4) is 11.8 Å². The van der Waals surface area contributed by atoms with Crippen molar-refractivity contribution in [1.82, 2.24) is 0 Å². The highest BCUT2D eigenvalue weighted by Crippen LogP contribution is 2.26. The molecule has 0 unspecified atom stereocenters. The number of anilines is 1. The number of carboxylic acids is 1. The molecule has 0 aromatic heterocycles. The van der Waals surface area contributed by atoms with Crippen LogP contribution in [0, 0.1) is 11.3 Å². The number of nitrogens with zero attached hydrogens (tertiary/aromatic N) is 1. The number of hydrogen-bond donors (Lipinski definition) is 2. The number of nitrogens with one attached hydrogen (secondary N) is 1. The van der Waals surface area contributed by atoms with Gasteiger partial charge in [-0.05, 0) is 48.0 Å².